The van der Waals surface area contributed by atoms with Crippen LogP contribution in [0.4, 0.5) is 17.6 Å². The van der Waals surface area contributed by atoms with E-state index < -0.39 is 29.3 Å². The molecule has 0 bridgehead atoms. The predicted molar refractivity (Wildman–Crippen MR) is 66.0 cm³/mol. The van der Waals surface area contributed by atoms with Gasteiger partial charge in [0.05, 0.1) is 4.47 Å². The zero-order valence-electron chi connectivity index (χ0n) is 8.86. The summed E-state index contributed by atoms with van der Waals surface area (Å²) in [7, 11) is 0. The third-order valence-corrected chi connectivity index (χ3v) is 3.18. The number of benzene rings is 1. The number of hydrogen-bond donors (Lipinski definition) is 0. The number of halogens is 6. The molecule has 1 heterocycles. The Bertz CT molecular complexity index is 625. The maximum atomic E-state index is 13.3. The highest BCUT2D eigenvalue weighted by Crippen LogP contribution is 2.35. The van der Waals surface area contributed by atoms with Crippen molar-refractivity contribution in [3.63, 3.8) is 0 Å². The molecular formula is C11H3Br2F4NO. The molecule has 1 aromatic heterocycles. The zero-order chi connectivity index (χ0) is 14.2. The lowest BCUT2D eigenvalue weighted by atomic mass is 10.3. The summed E-state index contributed by atoms with van der Waals surface area (Å²) in [6.45, 7) is 0. The van der Waals surface area contributed by atoms with E-state index in [1.54, 1.807) is 6.07 Å². The van der Waals surface area contributed by atoms with Crippen LogP contribution in [0.2, 0.25) is 0 Å². The van der Waals surface area contributed by atoms with Gasteiger partial charge in [0.1, 0.15) is 5.75 Å². The van der Waals surface area contributed by atoms with E-state index in [1.807, 2.05) is 0 Å². The molecule has 100 valence electrons. The third kappa shape index (κ3) is 2.89. The number of ether oxygens (including phenoxy) is 1. The van der Waals surface area contributed by atoms with Gasteiger partial charge >= 0.3 is 0 Å². The molecule has 2 rings (SSSR count). The van der Waals surface area contributed by atoms with Gasteiger partial charge in [-0.25, -0.2) is 0 Å². The molecule has 0 fully saturated rings. The highest BCUT2D eigenvalue weighted by atomic mass is 79.9. The molecule has 0 N–H and O–H groups in total. The minimum atomic E-state index is -1.78. The van der Waals surface area contributed by atoms with Crippen molar-refractivity contribution in [2.24, 2.45) is 0 Å². The second-order valence-electron chi connectivity index (χ2n) is 3.33. The molecule has 0 aliphatic heterocycles. The standard InChI is InChI=1S/C11H3Br2F4NO/c12-4-1-2-6(5(13)3-4)19-9-7(14)10(16)18-11(17)8(9)15/h1-3H. The van der Waals surface area contributed by atoms with E-state index in [1.165, 1.54) is 12.1 Å². The molecule has 0 unspecified atom stereocenters. The molecule has 0 amide bonds. The van der Waals surface area contributed by atoms with Gasteiger partial charge in [-0.2, -0.15) is 22.5 Å². The second-order valence-corrected chi connectivity index (χ2v) is 5.10. The van der Waals surface area contributed by atoms with Crippen LogP contribution in [0, 0.1) is 23.5 Å². The average Bonchev–Trinajstić information content (AvgIpc) is 2.34. The van der Waals surface area contributed by atoms with Crippen LogP contribution in [-0.2, 0) is 0 Å². The maximum Gasteiger partial charge on any atom is 0.255 e. The van der Waals surface area contributed by atoms with Crippen LogP contribution >= 0.6 is 31.9 Å². The minimum Gasteiger partial charge on any atom is -0.450 e. The Morgan fingerprint density at radius 1 is 0.947 bits per heavy atom. The van der Waals surface area contributed by atoms with Gasteiger partial charge in [-0.1, -0.05) is 15.9 Å². The SMILES string of the molecule is Fc1nc(F)c(F)c(Oc2ccc(Br)cc2Br)c1F. The van der Waals surface area contributed by atoms with Crippen molar-refractivity contribution in [2.75, 3.05) is 0 Å². The average molecular weight is 401 g/mol. The van der Waals surface area contributed by atoms with Crippen molar-refractivity contribution in [2.45, 2.75) is 0 Å². The predicted octanol–water partition coefficient (Wildman–Crippen LogP) is 4.96. The van der Waals surface area contributed by atoms with Crippen molar-refractivity contribution in [3.05, 3.63) is 50.7 Å². The lowest BCUT2D eigenvalue weighted by molar-refractivity contribution is 0.342. The van der Waals surface area contributed by atoms with Crippen LogP contribution < -0.4 is 4.74 Å². The summed E-state index contributed by atoms with van der Waals surface area (Å²) in [5, 5.41) is 0. The molecule has 0 saturated heterocycles. The van der Waals surface area contributed by atoms with E-state index in [9.17, 15) is 17.6 Å². The van der Waals surface area contributed by atoms with Crippen LogP contribution in [0.15, 0.2) is 27.1 Å². The largest absolute Gasteiger partial charge is 0.450 e. The van der Waals surface area contributed by atoms with Crippen LogP contribution in [0.5, 0.6) is 11.5 Å². The number of hydrogen-bond acceptors (Lipinski definition) is 2. The fourth-order valence-corrected chi connectivity index (χ4v) is 2.35. The number of nitrogens with zero attached hydrogens (tertiary/aromatic N) is 1. The van der Waals surface area contributed by atoms with Gasteiger partial charge in [-0.3, -0.25) is 0 Å². The summed E-state index contributed by atoms with van der Waals surface area (Å²) in [5.41, 5.74) is 0. The summed E-state index contributed by atoms with van der Waals surface area (Å²) in [5.74, 6) is -8.15. The van der Waals surface area contributed by atoms with Gasteiger partial charge in [0.15, 0.2) is 0 Å². The second kappa shape index (κ2) is 5.46. The number of aromatic nitrogens is 1. The smallest absolute Gasteiger partial charge is 0.255 e. The van der Waals surface area contributed by atoms with E-state index in [4.69, 9.17) is 4.74 Å². The Labute approximate surface area is 121 Å². The molecule has 0 spiro atoms. The van der Waals surface area contributed by atoms with Crippen LogP contribution in [0.25, 0.3) is 0 Å². The van der Waals surface area contributed by atoms with Gasteiger partial charge in [0.2, 0.25) is 17.4 Å². The Hall–Kier alpha value is -1.15. The van der Waals surface area contributed by atoms with Gasteiger partial charge in [0.25, 0.3) is 11.9 Å². The molecule has 0 aliphatic carbocycles. The van der Waals surface area contributed by atoms with Gasteiger partial charge in [-0.15, -0.1) is 0 Å². The van der Waals surface area contributed by atoms with Crippen LogP contribution in [-0.4, -0.2) is 4.98 Å². The molecule has 0 radical (unpaired) electrons. The molecular weight excluding hydrogens is 398 g/mol. The van der Waals surface area contributed by atoms with Gasteiger partial charge < -0.3 is 4.74 Å². The molecule has 2 nitrogen and oxygen atoms in total. The van der Waals surface area contributed by atoms with Crippen molar-refractivity contribution in [1.82, 2.24) is 4.98 Å². The molecule has 8 heteroatoms. The Morgan fingerprint density at radius 2 is 1.53 bits per heavy atom. The first kappa shape index (κ1) is 14.3. The summed E-state index contributed by atoms with van der Waals surface area (Å²) in [4.78, 5) is 2.43. The van der Waals surface area contributed by atoms with E-state index in [2.05, 4.69) is 36.8 Å². The lowest BCUT2D eigenvalue weighted by Crippen LogP contribution is -2.03. The highest BCUT2D eigenvalue weighted by Gasteiger charge is 2.23. The third-order valence-electron chi connectivity index (χ3n) is 2.06. The van der Waals surface area contributed by atoms with Crippen molar-refractivity contribution in [3.8, 4) is 11.5 Å². The zero-order valence-corrected chi connectivity index (χ0v) is 12.0. The van der Waals surface area contributed by atoms with Gasteiger partial charge in [0, 0.05) is 4.47 Å². The molecule has 0 atom stereocenters. The first-order valence-electron chi connectivity index (χ1n) is 4.73. The summed E-state index contributed by atoms with van der Waals surface area (Å²) < 4.78 is 58.4. The van der Waals surface area contributed by atoms with E-state index >= 15 is 0 Å². The molecule has 2 aromatic rings. The Morgan fingerprint density at radius 3 is 2.05 bits per heavy atom. The van der Waals surface area contributed by atoms with Crippen molar-refractivity contribution in [1.29, 1.82) is 0 Å². The normalized spacial score (nSPS) is 10.6. The van der Waals surface area contributed by atoms with Gasteiger partial charge in [-0.05, 0) is 34.1 Å². The number of pyridine rings is 1. The summed E-state index contributed by atoms with van der Waals surface area (Å²) in [6, 6.07) is 4.44. The molecule has 1 aromatic carbocycles. The summed E-state index contributed by atoms with van der Waals surface area (Å²) in [6.07, 6.45) is 0. The first-order chi connectivity index (χ1) is 8.90. The lowest BCUT2D eigenvalue weighted by Gasteiger charge is -2.10. The molecule has 0 aliphatic rings. The maximum absolute atomic E-state index is 13.3. The Kier molecular flexibility index (Phi) is 4.10. The fourth-order valence-electron chi connectivity index (χ4n) is 1.23. The van der Waals surface area contributed by atoms with E-state index in [-0.39, 0.29) is 5.75 Å². The molecule has 0 saturated carbocycles. The fraction of sp³-hybridized carbons (Fsp3) is 0. The van der Waals surface area contributed by atoms with E-state index in [0.29, 0.717) is 8.95 Å². The molecule has 19 heavy (non-hydrogen) atoms. The number of rotatable bonds is 2. The Balaban J connectivity index is 2.49. The van der Waals surface area contributed by atoms with E-state index in [0.717, 1.165) is 0 Å². The quantitative estimate of drug-likeness (QED) is 0.525. The van der Waals surface area contributed by atoms with Crippen molar-refractivity contribution >= 4 is 31.9 Å². The van der Waals surface area contributed by atoms with Crippen LogP contribution in [0.3, 0.4) is 0 Å². The topological polar surface area (TPSA) is 22.1 Å². The first-order valence-corrected chi connectivity index (χ1v) is 6.31. The highest BCUT2D eigenvalue weighted by molar-refractivity contribution is 9.11. The van der Waals surface area contributed by atoms with Crippen LogP contribution in [0.1, 0.15) is 0 Å². The van der Waals surface area contributed by atoms with Crippen molar-refractivity contribution < 1.29 is 22.3 Å². The minimum absolute atomic E-state index is 0.00833. The summed E-state index contributed by atoms with van der Waals surface area (Å²) >= 11 is 6.26. The monoisotopic (exact) mass is 399 g/mol.